The van der Waals surface area contributed by atoms with Crippen LogP contribution in [-0.2, 0) is 63.3 Å². The van der Waals surface area contributed by atoms with Gasteiger partial charge in [0.25, 0.3) is 0 Å². The van der Waals surface area contributed by atoms with Gasteiger partial charge in [-0.25, -0.2) is 13.7 Å². The molecule has 13 heteroatoms. The summed E-state index contributed by atoms with van der Waals surface area (Å²) in [6.45, 7) is 21.4. The van der Waals surface area contributed by atoms with Gasteiger partial charge < -0.3 is 27.1 Å². The van der Waals surface area contributed by atoms with E-state index in [2.05, 4.69) is 98.7 Å². The van der Waals surface area contributed by atoms with E-state index in [1.165, 1.54) is 190 Å². The Bertz CT molecular complexity index is 1690. The van der Waals surface area contributed by atoms with Gasteiger partial charge in [0.1, 0.15) is 17.2 Å². The van der Waals surface area contributed by atoms with Crippen LogP contribution in [0.1, 0.15) is 291 Å². The van der Waals surface area contributed by atoms with Crippen LogP contribution in [0.5, 0.6) is 17.2 Å². The van der Waals surface area contributed by atoms with Crippen LogP contribution in [-0.4, -0.2) is 19.8 Å². The Morgan fingerprint density at radius 1 is 0.293 bits per heavy atom. The number of rotatable bonds is 51. The molecule has 0 bridgehead atoms. The van der Waals surface area contributed by atoms with Crippen LogP contribution >= 0.6 is 24.8 Å². The summed E-state index contributed by atoms with van der Waals surface area (Å²) in [6, 6.07) is 24.0. The molecule has 0 fully saturated rings. The van der Waals surface area contributed by atoms with Crippen LogP contribution < -0.4 is 13.6 Å². The molecule has 0 spiro atoms. The molecule has 0 aliphatic carbocycles. The van der Waals surface area contributed by atoms with Gasteiger partial charge in [-0.1, -0.05) is 272 Å². The fraction of sp³-hybridized carbons (Fsp3) is 0.739. The van der Waals surface area contributed by atoms with Crippen molar-refractivity contribution in [2.75, 3.05) is 19.8 Å². The number of hydrogen-bond acceptors (Lipinski definition) is 9. The van der Waals surface area contributed by atoms with Crippen LogP contribution in [0.4, 0.5) is 0 Å². The van der Waals surface area contributed by atoms with Gasteiger partial charge in [-0.3, -0.25) is 0 Å². The molecule has 3 rings (SSSR count). The van der Waals surface area contributed by atoms with E-state index in [9.17, 15) is 13.7 Å². The summed E-state index contributed by atoms with van der Waals surface area (Å²) in [5.41, 5.74) is 3.96. The van der Waals surface area contributed by atoms with Gasteiger partial charge in [-0.2, -0.15) is 0 Å². The fourth-order valence-corrected chi connectivity index (χ4v) is 11.9. The maximum Gasteiger partial charge on any atom is 0.367 e. The van der Waals surface area contributed by atoms with E-state index in [0.29, 0.717) is 54.8 Å². The Hall–Kier alpha value is -1.86. The molecule has 0 aromatic heterocycles. The van der Waals surface area contributed by atoms with Crippen LogP contribution in [0.25, 0.3) is 0 Å². The molecule has 3 aromatic rings. The molecule has 0 amide bonds. The Kier molecular flexibility index (Phi) is 56.8. The smallest absolute Gasteiger partial charge is 0.367 e. The molecular formula is C69H123CoO9P3. The predicted molar refractivity (Wildman–Crippen MR) is 351 cm³/mol. The molecule has 0 aliphatic heterocycles. The molecule has 0 saturated heterocycles. The van der Waals surface area contributed by atoms with E-state index < -0.39 is 24.8 Å². The third-order valence-electron chi connectivity index (χ3n) is 15.5. The van der Waals surface area contributed by atoms with Gasteiger partial charge in [0.15, 0.2) is 0 Å². The Labute approximate surface area is 517 Å². The zero-order valence-corrected chi connectivity index (χ0v) is 57.8. The summed E-state index contributed by atoms with van der Waals surface area (Å²) in [5, 5.41) is 0. The Morgan fingerprint density at radius 3 is 0.707 bits per heavy atom. The van der Waals surface area contributed by atoms with E-state index in [1.807, 2.05) is 36.4 Å². The summed E-state index contributed by atoms with van der Waals surface area (Å²) >= 11 is 0. The SMILES string of the molecule is CCCCCCCCCc1ccc(O[PH](=O)OCC(CC)CCCC)cc1.CCCCCCCCCc1ccc(O[PH](=O)OCC(CC)CCCC)cc1.CCCCCCCCCc1ccc(O[PH](=O)OCC(CC)CCCC)cc1.[Co]. The van der Waals surface area contributed by atoms with E-state index in [1.54, 1.807) is 0 Å². The molecule has 0 heterocycles. The monoisotopic (exact) mass is 1250 g/mol. The number of aryl methyl sites for hydroxylation is 3. The van der Waals surface area contributed by atoms with Gasteiger partial charge in [-0.15, -0.1) is 0 Å². The fourth-order valence-electron chi connectivity index (χ4n) is 9.66. The van der Waals surface area contributed by atoms with Crippen LogP contribution in [0, 0.1) is 17.8 Å². The second-order valence-corrected chi connectivity index (χ2v) is 25.8. The maximum absolute atomic E-state index is 12.1. The van der Waals surface area contributed by atoms with Crippen molar-refractivity contribution < 1.29 is 57.6 Å². The molecule has 9 nitrogen and oxygen atoms in total. The molecule has 1 radical (unpaired) electrons. The third kappa shape index (κ3) is 46.4. The first kappa shape index (κ1) is 80.1. The minimum Gasteiger partial charge on any atom is -0.426 e. The standard InChI is InChI=1S/3C23H41O3P.Co/c3*1-4-7-9-10-11-12-13-15-22-16-18-23(19-17-22)26-27(24)25-20-21(6-3)14-8-5-2;/h3*16-19,21,27H,4-15,20H2,1-3H3;. The zero-order valence-electron chi connectivity index (χ0n) is 53.7. The molecular weight excluding hydrogens is 1120 g/mol. The predicted octanol–water partition coefficient (Wildman–Crippen LogP) is 23.9. The van der Waals surface area contributed by atoms with E-state index in [4.69, 9.17) is 27.1 Å². The van der Waals surface area contributed by atoms with Gasteiger partial charge in [-0.05, 0) is 129 Å². The second-order valence-electron chi connectivity index (χ2n) is 22.8. The second kappa shape index (κ2) is 58.2. The summed E-state index contributed by atoms with van der Waals surface area (Å²) in [5.74, 6) is 3.36. The van der Waals surface area contributed by atoms with Crippen molar-refractivity contribution in [1.29, 1.82) is 0 Å². The minimum absolute atomic E-state index is 0. The van der Waals surface area contributed by atoms with Gasteiger partial charge in [0, 0.05) is 16.8 Å². The number of benzene rings is 3. The van der Waals surface area contributed by atoms with E-state index in [-0.39, 0.29) is 16.8 Å². The average molecular weight is 1250 g/mol. The summed E-state index contributed by atoms with van der Waals surface area (Å²) in [6.07, 6.45) is 45.0. The first-order valence-corrected chi connectivity index (χ1v) is 37.1. The third-order valence-corrected chi connectivity index (χ3v) is 17.9. The quantitative estimate of drug-likeness (QED) is 0.0403. The van der Waals surface area contributed by atoms with Crippen molar-refractivity contribution in [1.82, 2.24) is 0 Å². The van der Waals surface area contributed by atoms with Gasteiger partial charge >= 0.3 is 24.8 Å². The van der Waals surface area contributed by atoms with Crippen molar-refractivity contribution in [2.24, 2.45) is 17.8 Å². The van der Waals surface area contributed by atoms with E-state index in [0.717, 1.165) is 57.8 Å². The molecule has 82 heavy (non-hydrogen) atoms. The molecule has 0 aliphatic rings. The van der Waals surface area contributed by atoms with E-state index >= 15 is 0 Å². The van der Waals surface area contributed by atoms with Crippen LogP contribution in [0.2, 0.25) is 0 Å². The molecule has 477 valence electrons. The molecule has 6 atom stereocenters. The minimum atomic E-state index is -2.47. The van der Waals surface area contributed by atoms with Crippen molar-refractivity contribution >= 4 is 24.8 Å². The van der Waals surface area contributed by atoms with Crippen molar-refractivity contribution in [3.63, 3.8) is 0 Å². The summed E-state index contributed by atoms with van der Waals surface area (Å²) in [7, 11) is -7.40. The van der Waals surface area contributed by atoms with Crippen molar-refractivity contribution in [3.05, 3.63) is 89.5 Å². The van der Waals surface area contributed by atoms with Gasteiger partial charge in [0.05, 0.1) is 19.8 Å². The first-order valence-electron chi connectivity index (χ1n) is 33.4. The normalized spacial score (nSPS) is 13.3. The largest absolute Gasteiger partial charge is 0.426 e. The molecule has 6 unspecified atom stereocenters. The average Bonchev–Trinajstić information content (AvgIpc) is 3.48. The number of hydrogen-bond donors (Lipinski definition) is 0. The molecule has 0 saturated carbocycles. The number of unbranched alkanes of at least 4 members (excludes halogenated alkanes) is 21. The molecule has 3 aromatic carbocycles. The first-order chi connectivity index (χ1) is 39.6. The summed E-state index contributed by atoms with van der Waals surface area (Å²) < 4.78 is 69.0. The Morgan fingerprint density at radius 2 is 0.500 bits per heavy atom. The zero-order chi connectivity index (χ0) is 59.2. The molecule has 0 N–H and O–H groups in total. The van der Waals surface area contributed by atoms with Crippen LogP contribution in [0.15, 0.2) is 72.8 Å². The maximum atomic E-state index is 12.1. The van der Waals surface area contributed by atoms with Crippen molar-refractivity contribution in [2.45, 2.75) is 293 Å². The van der Waals surface area contributed by atoms with Crippen LogP contribution in [0.3, 0.4) is 0 Å². The van der Waals surface area contributed by atoms with Crippen molar-refractivity contribution in [3.8, 4) is 17.2 Å². The Balaban J connectivity index is 0.00000119. The summed E-state index contributed by atoms with van der Waals surface area (Å²) in [4.78, 5) is 0. The van der Waals surface area contributed by atoms with Gasteiger partial charge in [0.2, 0.25) is 0 Å². The topological polar surface area (TPSA) is 107 Å².